The van der Waals surface area contributed by atoms with Gasteiger partial charge in [-0.05, 0) is 97.1 Å². The summed E-state index contributed by atoms with van der Waals surface area (Å²) >= 11 is 0. The first-order chi connectivity index (χ1) is 42.5. The van der Waals surface area contributed by atoms with E-state index in [9.17, 15) is 4.79 Å². The Labute approximate surface area is 520 Å². The van der Waals surface area contributed by atoms with E-state index < -0.39 is 5.78 Å². The highest BCUT2D eigenvalue weighted by Gasteiger charge is 1.93. The van der Waals surface area contributed by atoms with Crippen LogP contribution < -0.4 is 0 Å². The van der Waals surface area contributed by atoms with Crippen LogP contribution in [0, 0.1) is 0 Å². The van der Waals surface area contributed by atoms with Crippen LogP contribution >= 0.6 is 0 Å². The van der Waals surface area contributed by atoms with Crippen molar-refractivity contribution >= 4 is 106 Å². The van der Waals surface area contributed by atoms with Gasteiger partial charge in [-0.2, -0.15) is 0 Å². The number of carbonyl (C=O) groups excluding carboxylic acids is 3. The van der Waals surface area contributed by atoms with Gasteiger partial charge in [0.05, 0.1) is 44.1 Å². The van der Waals surface area contributed by atoms with Gasteiger partial charge in [0.25, 0.3) is 5.78 Å². The minimum absolute atomic E-state index is 0. The summed E-state index contributed by atoms with van der Waals surface area (Å²) < 4.78 is 0. The molecule has 448 valence electrons. The molecule has 16 rings (SSSR count). The minimum Gasteiger partial charge on any atom is -0.412 e. The van der Waals surface area contributed by atoms with Crippen molar-refractivity contribution in [1.82, 2.24) is 39.9 Å². The number of ketones is 1. The standard InChI is InChI=1S/8C9H7N.C3H2O3.4H2O/c8*1-2-6-9-8(4-1)5-3-7-10-9;4-1-3(6)2-5;;;;/h8*1-7H;1-2H;4*1H2. The molecular weight excluding hydrogens is 1120 g/mol. The number of hydrogen-bond acceptors (Lipinski definition) is 11. The number of fused-ring (bicyclic) bond motifs is 8. The Bertz CT molecular complexity index is 3310. The topological polar surface area (TPSA) is 280 Å². The molecule has 0 aliphatic heterocycles. The Morgan fingerprint density at radius 3 is 0.400 bits per heavy atom. The fourth-order valence-corrected chi connectivity index (χ4v) is 8.16. The molecule has 8 aromatic carbocycles. The Kier molecular flexibility index (Phi) is 31.5. The van der Waals surface area contributed by atoms with E-state index in [1.807, 2.05) is 244 Å². The lowest BCUT2D eigenvalue weighted by Crippen LogP contribution is -1.97. The molecule has 0 fully saturated rings. The number of aromatic nitrogens is 8. The molecule has 8 N–H and O–H groups in total. The van der Waals surface area contributed by atoms with Crippen LogP contribution in [-0.2, 0) is 14.4 Å². The van der Waals surface area contributed by atoms with E-state index in [0.29, 0.717) is 0 Å². The van der Waals surface area contributed by atoms with Gasteiger partial charge in [0.1, 0.15) is 0 Å². The monoisotopic (exact) mass is 1190 g/mol. The van der Waals surface area contributed by atoms with Crippen molar-refractivity contribution in [2.24, 2.45) is 0 Å². The zero-order valence-corrected chi connectivity index (χ0v) is 48.8. The lowest BCUT2D eigenvalue weighted by atomic mass is 10.2. The number of aldehydes is 2. The van der Waals surface area contributed by atoms with Crippen LogP contribution in [-0.4, -0.2) is 80.1 Å². The molecule has 0 radical (unpaired) electrons. The first-order valence-corrected chi connectivity index (χ1v) is 27.4. The molecule has 8 aromatic heterocycles. The molecule has 90 heavy (non-hydrogen) atoms. The van der Waals surface area contributed by atoms with Gasteiger partial charge >= 0.3 is 0 Å². The number of pyridine rings is 8. The highest BCUT2D eigenvalue weighted by Crippen LogP contribution is 2.14. The molecule has 0 saturated carbocycles. The van der Waals surface area contributed by atoms with E-state index in [1.165, 1.54) is 43.1 Å². The van der Waals surface area contributed by atoms with Gasteiger partial charge in [0.2, 0.25) is 0 Å². The molecule has 15 nitrogen and oxygen atoms in total. The third-order valence-corrected chi connectivity index (χ3v) is 12.3. The molecule has 8 heterocycles. The highest BCUT2D eigenvalue weighted by molar-refractivity contribution is 6.50. The van der Waals surface area contributed by atoms with Crippen molar-refractivity contribution in [3.8, 4) is 0 Å². The van der Waals surface area contributed by atoms with Crippen molar-refractivity contribution in [2.75, 3.05) is 0 Å². The summed E-state index contributed by atoms with van der Waals surface area (Å²) in [7, 11) is 0. The fraction of sp³-hybridized carbons (Fsp3) is 0. The van der Waals surface area contributed by atoms with Crippen molar-refractivity contribution in [1.29, 1.82) is 0 Å². The third-order valence-electron chi connectivity index (χ3n) is 12.3. The summed E-state index contributed by atoms with van der Waals surface area (Å²) in [5.41, 5.74) is 8.48. The molecule has 0 saturated heterocycles. The van der Waals surface area contributed by atoms with Crippen LogP contribution in [0.25, 0.3) is 87.2 Å². The van der Waals surface area contributed by atoms with Crippen LogP contribution in [0.4, 0.5) is 0 Å². The van der Waals surface area contributed by atoms with Gasteiger partial charge < -0.3 is 21.9 Å². The predicted molar refractivity (Wildman–Crippen MR) is 366 cm³/mol. The highest BCUT2D eigenvalue weighted by atomic mass is 16.2. The second-order valence-electron chi connectivity index (χ2n) is 18.2. The Hall–Kier alpha value is -12.1. The van der Waals surface area contributed by atoms with E-state index in [0.717, 1.165) is 44.1 Å². The lowest BCUT2D eigenvalue weighted by molar-refractivity contribution is -0.135. The average Bonchev–Trinajstić information content (AvgIpc) is 3.77. The van der Waals surface area contributed by atoms with Crippen molar-refractivity contribution in [3.05, 3.63) is 341 Å². The molecule has 0 aliphatic rings. The van der Waals surface area contributed by atoms with Crippen LogP contribution in [0.15, 0.2) is 341 Å². The average molecular weight is 1190 g/mol. The maximum Gasteiger partial charge on any atom is 0.257 e. The number of nitrogens with zero attached hydrogens (tertiary/aromatic N) is 8. The van der Waals surface area contributed by atoms with Crippen molar-refractivity contribution in [3.63, 3.8) is 0 Å². The molecule has 0 atom stereocenters. The Morgan fingerprint density at radius 1 is 0.189 bits per heavy atom. The van der Waals surface area contributed by atoms with Crippen LogP contribution in [0.3, 0.4) is 0 Å². The molecule has 0 amide bonds. The summed E-state index contributed by atoms with van der Waals surface area (Å²) in [6.07, 6.45) is 14.4. The minimum atomic E-state index is -1.02. The molecule has 15 heteroatoms. The number of para-hydroxylation sites is 8. The molecular formula is C75H66N8O7. The van der Waals surface area contributed by atoms with E-state index in [2.05, 4.69) is 137 Å². The molecule has 0 unspecified atom stereocenters. The summed E-state index contributed by atoms with van der Waals surface area (Å²) in [5, 5.41) is 9.59. The second kappa shape index (κ2) is 40.3. The van der Waals surface area contributed by atoms with Crippen LogP contribution in [0.1, 0.15) is 0 Å². The fourth-order valence-electron chi connectivity index (χ4n) is 8.16. The smallest absolute Gasteiger partial charge is 0.257 e. The maximum absolute atomic E-state index is 9.44. The summed E-state index contributed by atoms with van der Waals surface area (Å²) in [6.45, 7) is 0. The number of benzene rings is 8. The SMILES string of the molecule is O.O.O.O.O=CC(=O)C=O.c1ccc2ncccc2c1.c1ccc2ncccc2c1.c1ccc2ncccc2c1.c1ccc2ncccc2c1.c1ccc2ncccc2c1.c1ccc2ncccc2c1.c1ccc2ncccc2c1.c1ccc2ncccc2c1. The number of Topliss-reactive ketones (excluding diaryl/α,β-unsaturated/α-hetero) is 1. The van der Waals surface area contributed by atoms with Gasteiger partial charge in [-0.25, -0.2) is 0 Å². The van der Waals surface area contributed by atoms with E-state index >= 15 is 0 Å². The first-order valence-electron chi connectivity index (χ1n) is 27.4. The normalized spacial score (nSPS) is 9.33. The zero-order chi connectivity index (χ0) is 59.5. The van der Waals surface area contributed by atoms with Crippen molar-refractivity contribution in [2.45, 2.75) is 0 Å². The van der Waals surface area contributed by atoms with E-state index in [-0.39, 0.29) is 34.5 Å². The largest absolute Gasteiger partial charge is 0.412 e. The summed E-state index contributed by atoms with van der Waals surface area (Å²) in [5.74, 6) is -1.02. The van der Waals surface area contributed by atoms with Crippen LogP contribution in [0.2, 0.25) is 0 Å². The molecule has 0 spiro atoms. The Balaban J connectivity index is 0.000000216. The first kappa shape index (κ1) is 70.4. The molecule has 0 aliphatic carbocycles. The van der Waals surface area contributed by atoms with Crippen molar-refractivity contribution < 1.29 is 36.3 Å². The maximum atomic E-state index is 9.44. The van der Waals surface area contributed by atoms with Gasteiger partial charge in [0, 0.05) is 92.7 Å². The number of rotatable bonds is 2. The van der Waals surface area contributed by atoms with Gasteiger partial charge in [0.15, 0.2) is 12.6 Å². The number of hydrogen-bond donors (Lipinski definition) is 0. The Morgan fingerprint density at radius 2 is 0.300 bits per heavy atom. The van der Waals surface area contributed by atoms with Gasteiger partial charge in [-0.1, -0.05) is 194 Å². The predicted octanol–water partition coefficient (Wildman–Crippen LogP) is 13.5. The van der Waals surface area contributed by atoms with Crippen LogP contribution in [0.5, 0.6) is 0 Å². The molecule has 0 bridgehead atoms. The molecule has 16 aromatic rings. The number of carbonyl (C=O) groups is 3. The van der Waals surface area contributed by atoms with E-state index in [1.54, 1.807) is 0 Å². The summed E-state index contributed by atoms with van der Waals surface area (Å²) in [6, 6.07) is 96.7. The zero-order valence-electron chi connectivity index (χ0n) is 48.8. The van der Waals surface area contributed by atoms with E-state index in [4.69, 9.17) is 9.59 Å². The van der Waals surface area contributed by atoms with Gasteiger partial charge in [-0.15, -0.1) is 0 Å². The second-order valence-corrected chi connectivity index (χ2v) is 18.2. The summed E-state index contributed by atoms with van der Waals surface area (Å²) in [4.78, 5) is 61.2. The lowest BCUT2D eigenvalue weighted by Gasteiger charge is -1.91. The third kappa shape index (κ3) is 23.0. The quantitative estimate of drug-likeness (QED) is 0.0891. The van der Waals surface area contributed by atoms with Gasteiger partial charge in [-0.3, -0.25) is 54.3 Å².